The number of anilines is 1. The molecule has 1 rings (SSSR count). The lowest BCUT2D eigenvalue weighted by Gasteiger charge is -2.11. The highest BCUT2D eigenvalue weighted by Gasteiger charge is 2.27. The normalized spacial score (nSPS) is 10.7. The molecule has 0 spiro atoms. The van der Waals surface area contributed by atoms with Gasteiger partial charge in [0.15, 0.2) is 0 Å². The highest BCUT2D eigenvalue weighted by molar-refractivity contribution is 5.60. The topological polar surface area (TPSA) is 45.0 Å². The van der Waals surface area contributed by atoms with Gasteiger partial charge in [0, 0.05) is 6.07 Å². The summed E-state index contributed by atoms with van der Waals surface area (Å²) in [6.07, 6.45) is -4.32. The van der Waals surface area contributed by atoms with Gasteiger partial charge in [-0.15, -0.1) is 0 Å². The summed E-state index contributed by atoms with van der Waals surface area (Å²) in [6.45, 7) is -1.19. The van der Waals surface area contributed by atoms with Gasteiger partial charge in [0.1, 0.15) is 18.4 Å². The van der Waals surface area contributed by atoms with Crippen LogP contribution >= 0.6 is 0 Å². The van der Waals surface area contributed by atoms with Gasteiger partial charge in [-0.3, -0.25) is 0 Å². The van der Waals surface area contributed by atoms with Crippen LogP contribution in [-0.4, -0.2) is 19.8 Å². The molecule has 3 nitrogen and oxygen atoms in total. The molecule has 0 unspecified atom stereocenters. The van der Waals surface area contributed by atoms with Crippen molar-refractivity contribution in [3.05, 3.63) is 23.8 Å². The fraction of sp³-hybridized carbons (Fsp3) is 0.300. The second-order valence-electron chi connectivity index (χ2n) is 2.99. The maximum Gasteiger partial charge on any atom is 0.405 e. The standard InChI is InChI=1S/C10H9F3N2O/c1-16-8-3-2-7(5-14)9(4-8)15-6-10(11,12)13/h2-4,15H,6H2,1H3. The molecule has 0 aliphatic heterocycles. The summed E-state index contributed by atoms with van der Waals surface area (Å²) in [4.78, 5) is 0. The molecule has 1 aromatic rings. The summed E-state index contributed by atoms with van der Waals surface area (Å²) in [5, 5.41) is 10.9. The van der Waals surface area contributed by atoms with E-state index in [9.17, 15) is 13.2 Å². The number of ether oxygens (including phenoxy) is 1. The van der Waals surface area contributed by atoms with E-state index in [0.29, 0.717) is 5.75 Å². The smallest absolute Gasteiger partial charge is 0.405 e. The average Bonchev–Trinajstić information content (AvgIpc) is 2.25. The van der Waals surface area contributed by atoms with Crippen LogP contribution in [0.1, 0.15) is 5.56 Å². The first kappa shape index (κ1) is 12.2. The largest absolute Gasteiger partial charge is 0.497 e. The Bertz CT molecular complexity index is 410. The molecule has 0 amide bonds. The Morgan fingerprint density at radius 2 is 2.12 bits per heavy atom. The molecule has 0 radical (unpaired) electrons. The van der Waals surface area contributed by atoms with Gasteiger partial charge in [0.25, 0.3) is 0 Å². The molecule has 0 fully saturated rings. The molecule has 6 heteroatoms. The number of nitrogens with one attached hydrogen (secondary N) is 1. The van der Waals surface area contributed by atoms with Gasteiger partial charge in [0.2, 0.25) is 0 Å². The van der Waals surface area contributed by atoms with E-state index in [-0.39, 0.29) is 11.3 Å². The number of alkyl halides is 3. The summed E-state index contributed by atoms with van der Waals surface area (Å²) in [6, 6.07) is 6.06. The molecule has 0 atom stereocenters. The minimum atomic E-state index is -4.32. The molecule has 16 heavy (non-hydrogen) atoms. The van der Waals surface area contributed by atoms with Crippen molar-refractivity contribution in [3.63, 3.8) is 0 Å². The van der Waals surface area contributed by atoms with Gasteiger partial charge in [-0.2, -0.15) is 18.4 Å². The fourth-order valence-corrected chi connectivity index (χ4v) is 1.09. The predicted octanol–water partition coefficient (Wildman–Crippen LogP) is 2.54. The first-order valence-electron chi connectivity index (χ1n) is 4.35. The molecule has 0 aliphatic rings. The molecule has 0 saturated carbocycles. The van der Waals surface area contributed by atoms with E-state index in [1.54, 1.807) is 6.07 Å². The Morgan fingerprint density at radius 1 is 1.44 bits per heavy atom. The maximum absolute atomic E-state index is 12.0. The molecule has 1 N–H and O–H groups in total. The van der Waals surface area contributed by atoms with Crippen LogP contribution in [0.3, 0.4) is 0 Å². The number of hydrogen-bond donors (Lipinski definition) is 1. The second kappa shape index (κ2) is 4.75. The summed E-state index contributed by atoms with van der Waals surface area (Å²) in [7, 11) is 1.40. The van der Waals surface area contributed by atoms with Crippen molar-refractivity contribution in [1.29, 1.82) is 5.26 Å². The van der Waals surface area contributed by atoms with E-state index < -0.39 is 12.7 Å². The first-order valence-corrected chi connectivity index (χ1v) is 4.35. The monoisotopic (exact) mass is 230 g/mol. The summed E-state index contributed by atoms with van der Waals surface area (Å²) >= 11 is 0. The van der Waals surface area contributed by atoms with Gasteiger partial charge in [-0.25, -0.2) is 0 Å². The minimum absolute atomic E-state index is 0.110. The van der Waals surface area contributed by atoms with Crippen molar-refractivity contribution in [2.45, 2.75) is 6.18 Å². The summed E-state index contributed by atoms with van der Waals surface area (Å²) in [5.41, 5.74) is 0.254. The van der Waals surface area contributed by atoms with Crippen molar-refractivity contribution in [2.24, 2.45) is 0 Å². The predicted molar refractivity (Wildman–Crippen MR) is 52.3 cm³/mol. The lowest BCUT2D eigenvalue weighted by atomic mass is 10.2. The van der Waals surface area contributed by atoms with Gasteiger partial charge >= 0.3 is 6.18 Å². The Kier molecular flexibility index (Phi) is 3.61. The highest BCUT2D eigenvalue weighted by Crippen LogP contribution is 2.23. The van der Waals surface area contributed by atoms with Gasteiger partial charge in [-0.05, 0) is 12.1 Å². The Morgan fingerprint density at radius 3 is 2.62 bits per heavy atom. The zero-order valence-corrected chi connectivity index (χ0v) is 8.43. The summed E-state index contributed by atoms with van der Waals surface area (Å²) < 4.78 is 40.8. The van der Waals surface area contributed by atoms with Crippen LogP contribution in [0, 0.1) is 11.3 Å². The Labute approximate surface area is 90.4 Å². The van der Waals surface area contributed by atoms with Crippen molar-refractivity contribution in [3.8, 4) is 11.8 Å². The van der Waals surface area contributed by atoms with Crippen LogP contribution in [0.25, 0.3) is 0 Å². The molecule has 0 aliphatic carbocycles. The lowest BCUT2D eigenvalue weighted by Crippen LogP contribution is -2.21. The zero-order chi connectivity index (χ0) is 12.2. The van der Waals surface area contributed by atoms with E-state index in [4.69, 9.17) is 10.00 Å². The van der Waals surface area contributed by atoms with E-state index >= 15 is 0 Å². The number of rotatable bonds is 3. The lowest BCUT2D eigenvalue weighted by molar-refractivity contribution is -0.115. The quantitative estimate of drug-likeness (QED) is 0.867. The number of benzene rings is 1. The van der Waals surface area contributed by atoms with Crippen LogP contribution in [0.5, 0.6) is 5.75 Å². The number of hydrogen-bond acceptors (Lipinski definition) is 3. The SMILES string of the molecule is COc1ccc(C#N)c(NCC(F)(F)F)c1. The van der Waals surface area contributed by atoms with Gasteiger partial charge in [-0.1, -0.05) is 0 Å². The first-order chi connectivity index (χ1) is 7.46. The van der Waals surface area contributed by atoms with Crippen molar-refractivity contribution < 1.29 is 17.9 Å². The third-order valence-corrected chi connectivity index (χ3v) is 1.83. The van der Waals surface area contributed by atoms with E-state index in [1.807, 2.05) is 0 Å². The molecular formula is C10H9F3N2O. The van der Waals surface area contributed by atoms with Gasteiger partial charge in [0.05, 0.1) is 18.4 Å². The van der Waals surface area contributed by atoms with Gasteiger partial charge < -0.3 is 10.1 Å². The van der Waals surface area contributed by atoms with Crippen LogP contribution in [-0.2, 0) is 0 Å². The maximum atomic E-state index is 12.0. The third-order valence-electron chi connectivity index (χ3n) is 1.83. The summed E-state index contributed by atoms with van der Waals surface area (Å²) in [5.74, 6) is 0.392. The average molecular weight is 230 g/mol. The van der Waals surface area contributed by atoms with Crippen LogP contribution in [0.15, 0.2) is 18.2 Å². The Balaban J connectivity index is 2.89. The second-order valence-corrected chi connectivity index (χ2v) is 2.99. The Hall–Kier alpha value is -1.90. The molecule has 0 heterocycles. The number of methoxy groups -OCH3 is 1. The van der Waals surface area contributed by atoms with Crippen LogP contribution in [0.4, 0.5) is 18.9 Å². The van der Waals surface area contributed by atoms with E-state index in [2.05, 4.69) is 5.32 Å². The number of halogens is 3. The van der Waals surface area contributed by atoms with Crippen LogP contribution in [0.2, 0.25) is 0 Å². The van der Waals surface area contributed by atoms with Crippen molar-refractivity contribution in [1.82, 2.24) is 0 Å². The molecule has 0 aromatic heterocycles. The fourth-order valence-electron chi connectivity index (χ4n) is 1.09. The number of nitrogens with zero attached hydrogens (tertiary/aromatic N) is 1. The van der Waals surface area contributed by atoms with E-state index in [0.717, 1.165) is 0 Å². The van der Waals surface area contributed by atoms with Crippen molar-refractivity contribution in [2.75, 3.05) is 19.0 Å². The third kappa shape index (κ3) is 3.35. The molecule has 0 bridgehead atoms. The molecule has 86 valence electrons. The van der Waals surface area contributed by atoms with Crippen LogP contribution < -0.4 is 10.1 Å². The highest BCUT2D eigenvalue weighted by atomic mass is 19.4. The van der Waals surface area contributed by atoms with E-state index in [1.165, 1.54) is 25.3 Å². The molecular weight excluding hydrogens is 221 g/mol. The molecule has 1 aromatic carbocycles. The molecule has 0 saturated heterocycles. The minimum Gasteiger partial charge on any atom is -0.497 e. The zero-order valence-electron chi connectivity index (χ0n) is 8.43. The number of nitriles is 1. The van der Waals surface area contributed by atoms with Crippen molar-refractivity contribution >= 4 is 5.69 Å².